The van der Waals surface area contributed by atoms with Crippen LogP contribution >= 0.6 is 0 Å². The van der Waals surface area contributed by atoms with Crippen LogP contribution < -0.4 is 8.96 Å². The molecular weight excluding hydrogens is 499 g/mol. The number of pyridine rings is 1. The van der Waals surface area contributed by atoms with Crippen molar-refractivity contribution < 1.29 is 14.5 Å². The normalized spacial score (nSPS) is 19.5. The number of rotatable bonds is 3. The number of benzene rings is 3. The van der Waals surface area contributed by atoms with Crippen molar-refractivity contribution in [3.63, 3.8) is 0 Å². The molecule has 5 aromatic rings. The van der Waals surface area contributed by atoms with Crippen molar-refractivity contribution in [1.82, 2.24) is 0 Å². The number of hydrogen-bond donors (Lipinski definition) is 0. The first-order chi connectivity index (χ1) is 18.6. The Hall–Kier alpha value is -2.85. The van der Waals surface area contributed by atoms with E-state index in [1.165, 1.54) is 4.40 Å². The van der Waals surface area contributed by atoms with Gasteiger partial charge in [0.1, 0.15) is 0 Å². The third-order valence-electron chi connectivity index (χ3n) is 7.35. The van der Waals surface area contributed by atoms with E-state index in [-0.39, 0.29) is 0 Å². The Morgan fingerprint density at radius 2 is 1.67 bits per heavy atom. The van der Waals surface area contributed by atoms with Crippen molar-refractivity contribution in [2.45, 2.75) is 50.8 Å². The summed E-state index contributed by atoms with van der Waals surface area (Å²) in [5, 5.41) is 2.14. The predicted octanol–water partition coefficient (Wildman–Crippen LogP) is 7.72. The Labute approximate surface area is 222 Å². The van der Waals surface area contributed by atoms with Gasteiger partial charge in [0, 0.05) is 0 Å². The zero-order valence-electron chi connectivity index (χ0n) is 26.2. The molecule has 1 aliphatic carbocycles. The molecule has 2 nitrogen and oxygen atoms in total. The van der Waals surface area contributed by atoms with Crippen LogP contribution in [-0.4, -0.2) is 13.3 Å². The molecule has 0 aliphatic heterocycles. The summed E-state index contributed by atoms with van der Waals surface area (Å²) in [4.78, 5) is 0. The fraction of sp³-hybridized carbons (Fsp3) is 0.303. The van der Waals surface area contributed by atoms with Gasteiger partial charge in [-0.3, -0.25) is 0 Å². The van der Waals surface area contributed by atoms with Crippen molar-refractivity contribution in [2.24, 2.45) is 12.5 Å². The van der Waals surface area contributed by atoms with Gasteiger partial charge in [-0.15, -0.1) is 0 Å². The molecule has 0 spiro atoms. The van der Waals surface area contributed by atoms with Crippen LogP contribution in [0.15, 0.2) is 71.3 Å². The summed E-state index contributed by atoms with van der Waals surface area (Å²) in [5.74, 6) is 7.14. The van der Waals surface area contributed by atoms with E-state index in [1.54, 1.807) is 19.9 Å². The van der Waals surface area contributed by atoms with E-state index in [1.807, 2.05) is 37.5 Å². The Bertz CT molecular complexity index is 1850. The number of aromatic nitrogens is 1. The van der Waals surface area contributed by atoms with Gasteiger partial charge in [0.2, 0.25) is 0 Å². The van der Waals surface area contributed by atoms with E-state index in [4.69, 9.17) is 9.90 Å². The van der Waals surface area contributed by atoms with Gasteiger partial charge in [-0.25, -0.2) is 0 Å². The summed E-state index contributed by atoms with van der Waals surface area (Å²) in [7, 11) is 2.05. The van der Waals surface area contributed by atoms with Crippen LogP contribution in [0.2, 0.25) is 17.3 Å². The van der Waals surface area contributed by atoms with Crippen LogP contribution in [0, 0.1) is 12.3 Å². The molecule has 0 bridgehead atoms. The topological polar surface area (TPSA) is 17.0 Å². The summed E-state index contributed by atoms with van der Waals surface area (Å²) in [5.41, 5.74) is 6.39. The molecular formula is C33H36GeNO+. The third kappa shape index (κ3) is 3.82. The zero-order chi connectivity index (χ0) is 29.0. The molecule has 2 heterocycles. The molecule has 3 aromatic carbocycles. The van der Waals surface area contributed by atoms with Crippen LogP contribution in [0.3, 0.4) is 0 Å². The molecule has 0 atom stereocenters. The Morgan fingerprint density at radius 3 is 2.42 bits per heavy atom. The molecule has 182 valence electrons. The van der Waals surface area contributed by atoms with Crippen LogP contribution in [0.1, 0.15) is 36.0 Å². The van der Waals surface area contributed by atoms with E-state index in [0.29, 0.717) is 11.1 Å². The van der Waals surface area contributed by atoms with Crippen molar-refractivity contribution in [1.29, 1.82) is 0 Å². The maximum absolute atomic E-state index is 8.96. The average molecular weight is 539 g/mol. The molecule has 6 rings (SSSR count). The molecule has 0 fully saturated rings. The van der Waals surface area contributed by atoms with Crippen LogP contribution in [0.5, 0.6) is 0 Å². The minimum atomic E-state index is -2.31. The average Bonchev–Trinajstić information content (AvgIpc) is 3.30. The molecule has 3 heteroatoms. The molecule has 2 aromatic heterocycles. The van der Waals surface area contributed by atoms with E-state index in [0.717, 1.165) is 49.9 Å². The summed E-state index contributed by atoms with van der Waals surface area (Å²) in [6.45, 7) is 5.49. The van der Waals surface area contributed by atoms with Crippen LogP contribution in [0.25, 0.3) is 44.3 Å². The van der Waals surface area contributed by atoms with Gasteiger partial charge < -0.3 is 0 Å². The second-order valence-electron chi connectivity index (χ2n) is 11.7. The molecule has 0 N–H and O–H groups in total. The van der Waals surface area contributed by atoms with Gasteiger partial charge in [0.05, 0.1) is 0 Å². The number of nitrogens with zero attached hydrogens (tertiary/aromatic N) is 1. The Balaban J connectivity index is 1.70. The summed E-state index contributed by atoms with van der Waals surface area (Å²) < 4.78 is 45.7. The van der Waals surface area contributed by atoms with Gasteiger partial charge in [0.15, 0.2) is 0 Å². The minimum absolute atomic E-state index is 0.430. The first-order valence-electron chi connectivity index (χ1n) is 14.7. The monoisotopic (exact) mass is 540 g/mol. The first kappa shape index (κ1) is 19.3. The Morgan fingerprint density at radius 1 is 0.889 bits per heavy atom. The second-order valence-corrected chi connectivity index (χ2v) is 22.4. The van der Waals surface area contributed by atoms with E-state index >= 15 is 0 Å². The summed E-state index contributed by atoms with van der Waals surface area (Å²) in [6, 6.07) is 20.7. The fourth-order valence-electron chi connectivity index (χ4n) is 5.42. The first-order valence-corrected chi connectivity index (χ1v) is 20.0. The Kier molecular flexibility index (Phi) is 4.33. The van der Waals surface area contributed by atoms with Gasteiger partial charge in [-0.2, -0.15) is 0 Å². The van der Waals surface area contributed by atoms with Crippen molar-refractivity contribution >= 4 is 39.6 Å². The quantitative estimate of drug-likeness (QED) is 0.170. The number of aryl methyl sites for hydroxylation is 2. The summed E-state index contributed by atoms with van der Waals surface area (Å²) >= 11 is -2.31. The molecule has 0 radical (unpaired) electrons. The number of fused-ring (bicyclic) bond motifs is 4. The molecule has 0 saturated carbocycles. The third-order valence-corrected chi connectivity index (χ3v) is 11.6. The maximum atomic E-state index is 8.96. The molecule has 0 amide bonds. The molecule has 0 saturated heterocycles. The number of hydrogen-bond acceptors (Lipinski definition) is 1. The van der Waals surface area contributed by atoms with Crippen molar-refractivity contribution in [2.75, 3.05) is 0 Å². The van der Waals surface area contributed by atoms with E-state index in [9.17, 15) is 0 Å². The number of furan rings is 1. The SMILES string of the molecule is [2H]C1([2H])c2ccc(-c3c[c]([Ge]([CH3])([CH3])[CH3])cc4c3oc3c(-c5cccc[n+]5C)c(C)ccc34)cc2C([2H])([2H])C1(C)C. The summed E-state index contributed by atoms with van der Waals surface area (Å²) in [6.07, 6.45) is -1.55. The second kappa shape index (κ2) is 8.08. The predicted molar refractivity (Wildman–Crippen MR) is 155 cm³/mol. The molecule has 1 aliphatic rings. The molecule has 36 heavy (non-hydrogen) atoms. The van der Waals surface area contributed by atoms with Gasteiger partial charge >= 0.3 is 223 Å². The zero-order valence-corrected chi connectivity index (χ0v) is 24.3. The van der Waals surface area contributed by atoms with E-state index < -0.39 is 31.4 Å². The van der Waals surface area contributed by atoms with E-state index in [2.05, 4.69) is 59.1 Å². The van der Waals surface area contributed by atoms with Gasteiger partial charge in [-0.1, -0.05) is 0 Å². The van der Waals surface area contributed by atoms with Crippen molar-refractivity contribution in [3.8, 4) is 22.4 Å². The standard InChI is InChI=1S/C33H36GeNO/c1-21-11-14-26-28-18-25(34(4,5)6)17-27(22-12-13-23-19-33(2,3)20-24(23)16-22)31(28)36-32(26)30(21)29-10-8-9-15-35(29)7/h8-18H,19-20H2,1-7H3/q+1/i19D2,20D2. The van der Waals surface area contributed by atoms with Gasteiger partial charge in [0.25, 0.3) is 0 Å². The fourth-order valence-corrected chi connectivity index (χ4v) is 7.84. The molecule has 0 unspecified atom stereocenters. The van der Waals surface area contributed by atoms with Crippen LogP contribution in [-0.2, 0) is 19.8 Å². The van der Waals surface area contributed by atoms with Crippen LogP contribution in [0.4, 0.5) is 0 Å². The van der Waals surface area contributed by atoms with Gasteiger partial charge in [-0.05, 0) is 0 Å². The van der Waals surface area contributed by atoms with Crippen molar-refractivity contribution in [3.05, 3.63) is 83.6 Å².